The van der Waals surface area contributed by atoms with Crippen molar-refractivity contribution in [2.24, 2.45) is 0 Å². The largest absolute Gasteiger partial charge is 0.494 e. The fraction of sp³-hybridized carbons (Fsp3) is 0.316. The molecule has 1 aliphatic carbocycles. The summed E-state index contributed by atoms with van der Waals surface area (Å²) in [7, 11) is 0. The second-order valence-corrected chi connectivity index (χ2v) is 5.65. The van der Waals surface area contributed by atoms with E-state index < -0.39 is 0 Å². The smallest absolute Gasteiger partial charge is 0.224 e. The van der Waals surface area contributed by atoms with Crippen LogP contribution in [-0.2, 0) is 11.2 Å². The van der Waals surface area contributed by atoms with Crippen LogP contribution in [0.5, 0.6) is 5.75 Å². The Hall–Kier alpha value is -2.29. The maximum Gasteiger partial charge on any atom is 0.224 e. The fourth-order valence-electron chi connectivity index (χ4n) is 3.12. The van der Waals surface area contributed by atoms with Crippen LogP contribution in [-0.4, -0.2) is 12.5 Å². The molecule has 3 heteroatoms. The van der Waals surface area contributed by atoms with E-state index in [-0.39, 0.29) is 5.91 Å². The lowest BCUT2D eigenvalue weighted by atomic mass is 9.97. The highest BCUT2D eigenvalue weighted by molar-refractivity contribution is 5.91. The van der Waals surface area contributed by atoms with Crippen molar-refractivity contribution in [3.8, 4) is 5.75 Å². The Labute approximate surface area is 131 Å². The zero-order valence-electron chi connectivity index (χ0n) is 12.8. The van der Waals surface area contributed by atoms with Gasteiger partial charge in [-0.15, -0.1) is 0 Å². The van der Waals surface area contributed by atoms with Gasteiger partial charge in [-0.1, -0.05) is 30.3 Å². The van der Waals surface area contributed by atoms with Crippen molar-refractivity contribution in [3.63, 3.8) is 0 Å². The molecule has 0 fully saturated rings. The first-order valence-corrected chi connectivity index (χ1v) is 7.87. The molecule has 1 N–H and O–H groups in total. The zero-order chi connectivity index (χ0) is 15.4. The minimum atomic E-state index is 0.0651. The molecule has 0 aromatic heterocycles. The van der Waals surface area contributed by atoms with Crippen LogP contribution >= 0.6 is 0 Å². The first kappa shape index (κ1) is 14.6. The Kier molecular flexibility index (Phi) is 4.42. The molecular weight excluding hydrogens is 274 g/mol. The number of fused-ring (bicyclic) bond motifs is 1. The van der Waals surface area contributed by atoms with Gasteiger partial charge in [0.1, 0.15) is 5.75 Å². The third kappa shape index (κ3) is 3.30. The summed E-state index contributed by atoms with van der Waals surface area (Å²) in [6.07, 6.45) is 2.68. The second kappa shape index (κ2) is 6.65. The average molecular weight is 295 g/mol. The van der Waals surface area contributed by atoms with E-state index in [1.54, 1.807) is 0 Å². The summed E-state index contributed by atoms with van der Waals surface area (Å²) in [5.74, 6) is 1.19. The van der Waals surface area contributed by atoms with Crippen molar-refractivity contribution < 1.29 is 9.53 Å². The Morgan fingerprint density at radius 3 is 2.95 bits per heavy atom. The summed E-state index contributed by atoms with van der Waals surface area (Å²) in [4.78, 5) is 12.3. The molecule has 1 atom stereocenters. The van der Waals surface area contributed by atoms with Crippen molar-refractivity contribution in [1.82, 2.24) is 0 Å². The lowest BCUT2D eigenvalue weighted by Crippen LogP contribution is -2.14. The Morgan fingerprint density at radius 2 is 2.09 bits per heavy atom. The molecule has 2 aromatic rings. The Bertz CT molecular complexity index is 666. The molecule has 2 aromatic carbocycles. The summed E-state index contributed by atoms with van der Waals surface area (Å²) < 4.78 is 5.46. The van der Waals surface area contributed by atoms with Crippen LogP contribution < -0.4 is 10.1 Å². The molecule has 22 heavy (non-hydrogen) atoms. The van der Waals surface area contributed by atoms with Crippen molar-refractivity contribution in [2.75, 3.05) is 11.9 Å². The van der Waals surface area contributed by atoms with Crippen LogP contribution in [0, 0.1) is 0 Å². The lowest BCUT2D eigenvalue weighted by Gasteiger charge is -2.12. The number of hydrogen-bond acceptors (Lipinski definition) is 2. The normalized spacial score (nSPS) is 16.1. The summed E-state index contributed by atoms with van der Waals surface area (Å²) in [6, 6.07) is 16.0. The van der Waals surface area contributed by atoms with E-state index in [4.69, 9.17) is 4.74 Å². The molecule has 1 unspecified atom stereocenters. The summed E-state index contributed by atoms with van der Waals surface area (Å²) >= 11 is 0. The first-order chi connectivity index (χ1) is 10.8. The van der Waals surface area contributed by atoms with Gasteiger partial charge in [0.2, 0.25) is 5.91 Å². The summed E-state index contributed by atoms with van der Waals surface area (Å²) in [6.45, 7) is 2.57. The van der Waals surface area contributed by atoms with Gasteiger partial charge in [-0.2, -0.15) is 0 Å². The average Bonchev–Trinajstić information content (AvgIpc) is 2.91. The van der Waals surface area contributed by atoms with Gasteiger partial charge in [0.25, 0.3) is 0 Å². The number of nitrogens with one attached hydrogen (secondary N) is 1. The molecule has 3 nitrogen and oxygen atoms in total. The van der Waals surface area contributed by atoms with Gasteiger partial charge in [-0.05, 0) is 48.9 Å². The topological polar surface area (TPSA) is 38.3 Å². The van der Waals surface area contributed by atoms with Crippen molar-refractivity contribution in [2.45, 2.75) is 32.1 Å². The van der Waals surface area contributed by atoms with Crippen LogP contribution in [0.2, 0.25) is 0 Å². The van der Waals surface area contributed by atoms with E-state index in [2.05, 4.69) is 29.6 Å². The third-order valence-electron chi connectivity index (χ3n) is 4.12. The molecule has 0 spiro atoms. The first-order valence-electron chi connectivity index (χ1n) is 7.87. The molecule has 114 valence electrons. The quantitative estimate of drug-likeness (QED) is 0.900. The standard InChI is InChI=1S/C19H21NO2/c1-2-22-17-8-5-7-16(13-17)20-19(21)12-15-11-10-14-6-3-4-9-18(14)15/h3-9,13,15H,2,10-12H2,1H3,(H,20,21). The second-order valence-electron chi connectivity index (χ2n) is 5.65. The van der Waals surface area contributed by atoms with E-state index in [0.29, 0.717) is 18.9 Å². The van der Waals surface area contributed by atoms with E-state index in [0.717, 1.165) is 24.3 Å². The van der Waals surface area contributed by atoms with Gasteiger partial charge in [0.05, 0.1) is 6.61 Å². The van der Waals surface area contributed by atoms with Crippen molar-refractivity contribution in [3.05, 3.63) is 59.7 Å². The summed E-state index contributed by atoms with van der Waals surface area (Å²) in [5, 5.41) is 2.98. The number of hydrogen-bond donors (Lipinski definition) is 1. The number of rotatable bonds is 5. The highest BCUT2D eigenvalue weighted by Gasteiger charge is 2.24. The third-order valence-corrected chi connectivity index (χ3v) is 4.12. The molecule has 1 aliphatic rings. The molecule has 0 heterocycles. The van der Waals surface area contributed by atoms with Crippen LogP contribution in [0.4, 0.5) is 5.69 Å². The highest BCUT2D eigenvalue weighted by Crippen LogP contribution is 2.35. The van der Waals surface area contributed by atoms with Gasteiger partial charge in [-0.3, -0.25) is 4.79 Å². The molecule has 0 radical (unpaired) electrons. The van der Waals surface area contributed by atoms with E-state index in [1.165, 1.54) is 11.1 Å². The molecule has 0 saturated carbocycles. The predicted octanol–water partition coefficient (Wildman–Crippen LogP) is 4.14. The molecule has 0 aliphatic heterocycles. The minimum absolute atomic E-state index is 0.0651. The molecular formula is C19H21NO2. The number of amides is 1. The van der Waals surface area contributed by atoms with Gasteiger partial charge >= 0.3 is 0 Å². The maximum absolute atomic E-state index is 12.3. The molecule has 1 amide bonds. The summed E-state index contributed by atoms with van der Waals surface area (Å²) in [5.41, 5.74) is 3.52. The van der Waals surface area contributed by atoms with Crippen LogP contribution in [0.3, 0.4) is 0 Å². The zero-order valence-corrected chi connectivity index (χ0v) is 12.8. The molecule has 3 rings (SSSR count). The number of benzene rings is 2. The van der Waals surface area contributed by atoms with Crippen molar-refractivity contribution in [1.29, 1.82) is 0 Å². The number of ether oxygens (including phenoxy) is 1. The predicted molar refractivity (Wildman–Crippen MR) is 88.4 cm³/mol. The van der Waals surface area contributed by atoms with E-state index in [1.807, 2.05) is 31.2 Å². The molecule has 0 bridgehead atoms. The van der Waals surface area contributed by atoms with Crippen LogP contribution in [0.1, 0.15) is 36.8 Å². The highest BCUT2D eigenvalue weighted by atomic mass is 16.5. The monoisotopic (exact) mass is 295 g/mol. The SMILES string of the molecule is CCOc1cccc(NC(=O)CC2CCc3ccccc32)c1. The van der Waals surface area contributed by atoms with Crippen LogP contribution in [0.15, 0.2) is 48.5 Å². The van der Waals surface area contributed by atoms with Gasteiger partial charge in [-0.25, -0.2) is 0 Å². The number of carbonyl (C=O) groups excluding carboxylic acids is 1. The number of carbonyl (C=O) groups is 1. The van der Waals surface area contributed by atoms with Gasteiger partial charge in [0, 0.05) is 18.2 Å². The maximum atomic E-state index is 12.3. The Balaban J connectivity index is 1.63. The minimum Gasteiger partial charge on any atom is -0.494 e. The van der Waals surface area contributed by atoms with Crippen molar-refractivity contribution >= 4 is 11.6 Å². The van der Waals surface area contributed by atoms with Gasteiger partial charge in [0.15, 0.2) is 0 Å². The molecule has 0 saturated heterocycles. The fourth-order valence-corrected chi connectivity index (χ4v) is 3.12. The number of anilines is 1. The van der Waals surface area contributed by atoms with Gasteiger partial charge < -0.3 is 10.1 Å². The van der Waals surface area contributed by atoms with E-state index in [9.17, 15) is 4.79 Å². The van der Waals surface area contributed by atoms with Crippen LogP contribution in [0.25, 0.3) is 0 Å². The number of aryl methyl sites for hydroxylation is 1. The Morgan fingerprint density at radius 1 is 1.23 bits per heavy atom. The van der Waals surface area contributed by atoms with E-state index >= 15 is 0 Å². The lowest BCUT2D eigenvalue weighted by molar-refractivity contribution is -0.116.